The van der Waals surface area contributed by atoms with E-state index in [1.54, 1.807) is 25.1 Å². The maximum Gasteiger partial charge on any atom is 0.360 e. The molecule has 0 spiro atoms. The second kappa shape index (κ2) is 8.06. The van der Waals surface area contributed by atoms with E-state index in [9.17, 15) is 4.79 Å². The summed E-state index contributed by atoms with van der Waals surface area (Å²) < 4.78 is 9.95. The van der Waals surface area contributed by atoms with Crippen molar-refractivity contribution in [1.29, 1.82) is 0 Å². The van der Waals surface area contributed by atoms with Crippen LogP contribution in [0, 0.1) is 0 Å². The van der Waals surface area contributed by atoms with Gasteiger partial charge in [0.15, 0.2) is 5.69 Å². The Labute approximate surface area is 138 Å². The van der Waals surface area contributed by atoms with E-state index in [0.29, 0.717) is 28.8 Å². The summed E-state index contributed by atoms with van der Waals surface area (Å²) in [6, 6.07) is 6.99. The molecule has 1 N–H and O–H groups in total. The maximum absolute atomic E-state index is 11.5. The highest BCUT2D eigenvalue weighted by atomic mass is 35.5. The average molecular weight is 343 g/mol. The van der Waals surface area contributed by atoms with Gasteiger partial charge in [-0.3, -0.25) is 0 Å². The first-order valence-electron chi connectivity index (χ1n) is 6.91. The number of carbonyl (C=O) groups excluding carboxylic acids is 1. The van der Waals surface area contributed by atoms with Crippen LogP contribution in [0.1, 0.15) is 29.6 Å². The molecular weight excluding hydrogens is 327 g/mol. The molecule has 0 unspecified atom stereocenters. The van der Waals surface area contributed by atoms with E-state index in [1.165, 1.54) is 0 Å². The number of aryl methyl sites for hydroxylation is 1. The van der Waals surface area contributed by atoms with Crippen LogP contribution in [0.15, 0.2) is 28.8 Å². The second-order valence-corrected chi connectivity index (χ2v) is 5.37. The van der Waals surface area contributed by atoms with E-state index in [-0.39, 0.29) is 5.69 Å². The van der Waals surface area contributed by atoms with Gasteiger partial charge in [-0.05, 0) is 31.5 Å². The molecule has 5 nitrogen and oxygen atoms in total. The fourth-order valence-electron chi connectivity index (χ4n) is 1.83. The number of carbonyl (C=O) groups is 1. The van der Waals surface area contributed by atoms with E-state index in [4.69, 9.17) is 32.5 Å². The van der Waals surface area contributed by atoms with E-state index >= 15 is 0 Å². The lowest BCUT2D eigenvalue weighted by Gasteiger charge is -2.06. The molecule has 1 aromatic heterocycles. The minimum atomic E-state index is -0.466. The molecular formula is C15H16Cl2N2O3. The van der Waals surface area contributed by atoms with Crippen molar-refractivity contribution in [2.75, 3.05) is 18.5 Å². The third-order valence-corrected chi connectivity index (χ3v) is 3.63. The van der Waals surface area contributed by atoms with Crippen LogP contribution in [0.5, 0.6) is 0 Å². The van der Waals surface area contributed by atoms with Crippen molar-refractivity contribution in [3.63, 3.8) is 0 Å². The third-order valence-electron chi connectivity index (χ3n) is 2.89. The van der Waals surface area contributed by atoms with Gasteiger partial charge >= 0.3 is 5.97 Å². The molecule has 0 radical (unpaired) electrons. The Morgan fingerprint density at radius 1 is 1.32 bits per heavy atom. The van der Waals surface area contributed by atoms with Crippen molar-refractivity contribution in [2.24, 2.45) is 0 Å². The van der Waals surface area contributed by atoms with E-state index in [1.807, 2.05) is 6.07 Å². The van der Waals surface area contributed by atoms with E-state index in [0.717, 1.165) is 18.7 Å². The standard InChI is InChI=1S/C15H16Cl2N2O3/c1-2-21-15(20)14-9-11(22-19-14)4-3-7-18-10-5-6-12(16)13(17)8-10/h5-6,8-9,18H,2-4,7H2,1H3. The number of halogens is 2. The summed E-state index contributed by atoms with van der Waals surface area (Å²) in [5.74, 6) is 0.186. The molecule has 2 rings (SSSR count). The van der Waals surface area contributed by atoms with Crippen molar-refractivity contribution < 1.29 is 14.1 Å². The van der Waals surface area contributed by atoms with Crippen LogP contribution >= 0.6 is 23.2 Å². The van der Waals surface area contributed by atoms with Crippen LogP contribution in [0.2, 0.25) is 10.0 Å². The molecule has 0 bridgehead atoms. The first-order chi connectivity index (χ1) is 10.6. The number of aromatic nitrogens is 1. The van der Waals surface area contributed by atoms with E-state index in [2.05, 4.69) is 10.5 Å². The minimum absolute atomic E-state index is 0.203. The highest BCUT2D eigenvalue weighted by Gasteiger charge is 2.12. The predicted molar refractivity (Wildman–Crippen MR) is 85.7 cm³/mol. The first-order valence-corrected chi connectivity index (χ1v) is 7.67. The van der Waals surface area contributed by atoms with E-state index < -0.39 is 5.97 Å². The third kappa shape index (κ3) is 4.64. The Balaban J connectivity index is 1.77. The first kappa shape index (κ1) is 16.6. The van der Waals surface area contributed by atoms with Gasteiger partial charge in [0.2, 0.25) is 0 Å². The van der Waals surface area contributed by atoms with Crippen molar-refractivity contribution >= 4 is 34.9 Å². The Bertz CT molecular complexity index is 643. The Hall–Kier alpha value is -1.72. The molecule has 0 aliphatic heterocycles. The van der Waals surface area contributed by atoms with Crippen molar-refractivity contribution in [3.8, 4) is 0 Å². The molecule has 0 amide bonds. The molecule has 0 fully saturated rings. The lowest BCUT2D eigenvalue weighted by Crippen LogP contribution is -2.04. The van der Waals surface area contributed by atoms with Gasteiger partial charge in [0.1, 0.15) is 5.76 Å². The van der Waals surface area contributed by atoms with Crippen molar-refractivity contribution in [2.45, 2.75) is 19.8 Å². The van der Waals surface area contributed by atoms with Gasteiger partial charge in [-0.1, -0.05) is 28.4 Å². The number of anilines is 1. The summed E-state index contributed by atoms with van der Waals surface area (Å²) in [4.78, 5) is 11.5. The monoisotopic (exact) mass is 342 g/mol. The topological polar surface area (TPSA) is 64.4 Å². The van der Waals surface area contributed by atoms with Gasteiger partial charge in [0, 0.05) is 24.7 Å². The highest BCUT2D eigenvalue weighted by molar-refractivity contribution is 6.42. The number of rotatable bonds is 7. The van der Waals surface area contributed by atoms with Crippen LogP contribution in [-0.2, 0) is 11.2 Å². The normalized spacial score (nSPS) is 10.5. The van der Waals surface area contributed by atoms with Crippen LogP contribution in [0.25, 0.3) is 0 Å². The van der Waals surface area contributed by atoms with Crippen LogP contribution in [-0.4, -0.2) is 24.3 Å². The molecule has 118 valence electrons. The van der Waals surface area contributed by atoms with Crippen LogP contribution < -0.4 is 5.32 Å². The van der Waals surface area contributed by atoms with Gasteiger partial charge < -0.3 is 14.6 Å². The molecule has 1 heterocycles. The second-order valence-electron chi connectivity index (χ2n) is 4.56. The largest absolute Gasteiger partial charge is 0.461 e. The Kier molecular flexibility index (Phi) is 6.10. The summed E-state index contributed by atoms with van der Waals surface area (Å²) >= 11 is 11.8. The Morgan fingerprint density at radius 2 is 2.14 bits per heavy atom. The van der Waals surface area contributed by atoms with Gasteiger partial charge in [-0.15, -0.1) is 0 Å². The zero-order valence-corrected chi connectivity index (χ0v) is 13.6. The van der Waals surface area contributed by atoms with Gasteiger partial charge in [0.05, 0.1) is 16.7 Å². The predicted octanol–water partition coefficient (Wildman–Crippen LogP) is 4.20. The van der Waals surface area contributed by atoms with Crippen molar-refractivity contribution in [1.82, 2.24) is 5.16 Å². The quantitative estimate of drug-likeness (QED) is 0.603. The summed E-state index contributed by atoms with van der Waals surface area (Å²) in [6.45, 7) is 2.79. The lowest BCUT2D eigenvalue weighted by atomic mass is 10.2. The molecule has 0 atom stereocenters. The highest BCUT2D eigenvalue weighted by Crippen LogP contribution is 2.24. The summed E-state index contributed by atoms with van der Waals surface area (Å²) in [5, 5.41) is 7.97. The zero-order valence-electron chi connectivity index (χ0n) is 12.1. The maximum atomic E-state index is 11.5. The molecule has 0 aliphatic rings. The fourth-order valence-corrected chi connectivity index (χ4v) is 2.13. The zero-order chi connectivity index (χ0) is 15.9. The SMILES string of the molecule is CCOC(=O)c1cc(CCCNc2ccc(Cl)c(Cl)c2)on1. The number of esters is 1. The summed E-state index contributed by atoms with van der Waals surface area (Å²) in [5.41, 5.74) is 1.11. The molecule has 0 aliphatic carbocycles. The van der Waals surface area contributed by atoms with Crippen molar-refractivity contribution in [3.05, 3.63) is 45.8 Å². The van der Waals surface area contributed by atoms with Gasteiger partial charge in [-0.2, -0.15) is 0 Å². The molecule has 22 heavy (non-hydrogen) atoms. The molecule has 0 saturated carbocycles. The number of nitrogens with one attached hydrogen (secondary N) is 1. The summed E-state index contributed by atoms with van der Waals surface area (Å²) in [7, 11) is 0. The fraction of sp³-hybridized carbons (Fsp3) is 0.333. The smallest absolute Gasteiger partial charge is 0.360 e. The Morgan fingerprint density at radius 3 is 2.86 bits per heavy atom. The van der Waals surface area contributed by atoms with Crippen LogP contribution in [0.4, 0.5) is 5.69 Å². The summed E-state index contributed by atoms with van der Waals surface area (Å²) in [6.07, 6.45) is 1.48. The molecule has 7 heteroatoms. The van der Waals surface area contributed by atoms with Gasteiger partial charge in [-0.25, -0.2) is 4.79 Å². The molecule has 0 saturated heterocycles. The average Bonchev–Trinajstić information content (AvgIpc) is 2.96. The lowest BCUT2D eigenvalue weighted by molar-refractivity contribution is 0.0514. The molecule has 1 aromatic carbocycles. The molecule has 2 aromatic rings. The number of hydrogen-bond donors (Lipinski definition) is 1. The number of nitrogens with zero attached hydrogens (tertiary/aromatic N) is 1. The minimum Gasteiger partial charge on any atom is -0.461 e. The van der Waals surface area contributed by atoms with Gasteiger partial charge in [0.25, 0.3) is 0 Å². The van der Waals surface area contributed by atoms with Crippen LogP contribution in [0.3, 0.4) is 0 Å². The number of benzene rings is 1. The number of hydrogen-bond acceptors (Lipinski definition) is 5. The number of ether oxygens (including phenoxy) is 1.